The first kappa shape index (κ1) is 24.4. The molecular weight excluding hydrogens is 422 g/mol. The van der Waals surface area contributed by atoms with Crippen molar-refractivity contribution in [2.24, 2.45) is 0 Å². The van der Waals surface area contributed by atoms with Crippen LogP contribution in [0.5, 0.6) is 5.75 Å². The molecule has 2 amide bonds. The number of amides is 2. The van der Waals surface area contributed by atoms with Crippen molar-refractivity contribution in [2.45, 2.75) is 12.8 Å². The fraction of sp³-hybridized carbons (Fsp3) is 0.381. The molecule has 1 atom stereocenters. The molecule has 0 radical (unpaired) electrons. The lowest BCUT2D eigenvalue weighted by atomic mass is 9.98. The van der Waals surface area contributed by atoms with Crippen LogP contribution in [0.15, 0.2) is 36.4 Å². The Morgan fingerprint density at radius 3 is 2.53 bits per heavy atom. The molecule has 11 heteroatoms. The smallest absolute Gasteiger partial charge is 0.313 e. The summed E-state index contributed by atoms with van der Waals surface area (Å²) in [4.78, 5) is 51.5. The van der Waals surface area contributed by atoms with Gasteiger partial charge in [0.15, 0.2) is 6.61 Å². The molecule has 0 unspecified atom stereocenters. The fourth-order valence-corrected chi connectivity index (χ4v) is 2.81. The minimum Gasteiger partial charge on any atom is -0.497 e. The Kier molecular flexibility index (Phi) is 8.75. The van der Waals surface area contributed by atoms with Crippen molar-refractivity contribution in [1.29, 1.82) is 0 Å². The molecule has 0 spiro atoms. The molecule has 32 heavy (non-hydrogen) atoms. The van der Waals surface area contributed by atoms with Gasteiger partial charge in [-0.2, -0.15) is 0 Å². The molecule has 0 aliphatic carbocycles. The number of hydrogen-bond acceptors (Lipinski definition) is 8. The highest BCUT2D eigenvalue weighted by Crippen LogP contribution is 2.25. The maximum Gasteiger partial charge on any atom is 0.313 e. The summed E-state index contributed by atoms with van der Waals surface area (Å²) in [7, 11) is 2.97. The second kappa shape index (κ2) is 11.5. The maximum absolute atomic E-state index is 12.4. The van der Waals surface area contributed by atoms with Crippen molar-refractivity contribution in [3.63, 3.8) is 0 Å². The van der Waals surface area contributed by atoms with Crippen molar-refractivity contribution in [3.8, 4) is 5.75 Å². The van der Waals surface area contributed by atoms with Crippen molar-refractivity contribution in [1.82, 2.24) is 10.2 Å². The van der Waals surface area contributed by atoms with Gasteiger partial charge in [-0.3, -0.25) is 14.4 Å². The highest BCUT2D eigenvalue weighted by molar-refractivity contribution is 5.88. The van der Waals surface area contributed by atoms with Crippen LogP contribution < -0.4 is 10.1 Å². The van der Waals surface area contributed by atoms with Crippen LogP contribution in [-0.4, -0.2) is 68.2 Å². The Morgan fingerprint density at radius 1 is 1.16 bits per heavy atom. The van der Waals surface area contributed by atoms with Gasteiger partial charge in [0, 0.05) is 13.6 Å². The van der Waals surface area contributed by atoms with Gasteiger partial charge in [-0.05, 0) is 35.4 Å². The van der Waals surface area contributed by atoms with E-state index in [1.165, 1.54) is 7.05 Å². The molecule has 0 aliphatic heterocycles. The minimum atomic E-state index is -0.966. The molecule has 1 N–H and O–H groups in total. The fourth-order valence-electron chi connectivity index (χ4n) is 2.81. The average Bonchev–Trinajstić information content (AvgIpc) is 2.78. The first-order valence-electron chi connectivity index (χ1n) is 9.73. The number of rotatable bonds is 11. The van der Waals surface area contributed by atoms with E-state index in [-0.39, 0.29) is 19.7 Å². The summed E-state index contributed by atoms with van der Waals surface area (Å²) >= 11 is 0. The van der Waals surface area contributed by atoms with Gasteiger partial charge >= 0.3 is 5.97 Å². The molecule has 172 valence electrons. The first-order valence-corrected chi connectivity index (χ1v) is 9.73. The van der Waals surface area contributed by atoms with Crippen LogP contribution in [0.1, 0.15) is 18.4 Å². The average molecular weight is 447 g/mol. The van der Waals surface area contributed by atoms with Crippen LogP contribution >= 0.6 is 0 Å². The summed E-state index contributed by atoms with van der Waals surface area (Å²) in [5, 5.41) is 13.3. The molecule has 11 nitrogen and oxygen atoms in total. The van der Waals surface area contributed by atoms with Crippen LogP contribution in [-0.2, 0) is 24.0 Å². The summed E-state index contributed by atoms with van der Waals surface area (Å²) in [6, 6.07) is 11.2. The summed E-state index contributed by atoms with van der Waals surface area (Å²) in [5.74, 6) is -1.52. The molecule has 0 bridgehead atoms. The van der Waals surface area contributed by atoms with Crippen molar-refractivity contribution >= 4 is 28.6 Å². The Balaban J connectivity index is 1.83. The van der Waals surface area contributed by atoms with Gasteiger partial charge in [-0.25, -0.2) is 0 Å². The monoisotopic (exact) mass is 447 g/mol. The van der Waals surface area contributed by atoms with Crippen molar-refractivity contribution in [3.05, 3.63) is 52.1 Å². The minimum absolute atomic E-state index is 0.0765. The molecule has 2 aromatic rings. The molecule has 0 heterocycles. The lowest BCUT2D eigenvalue weighted by molar-refractivity contribution is -0.757. The zero-order valence-electron chi connectivity index (χ0n) is 18.0. The van der Waals surface area contributed by atoms with Crippen LogP contribution in [0.25, 0.3) is 10.8 Å². The number of benzene rings is 2. The first-order chi connectivity index (χ1) is 15.2. The number of esters is 1. The third kappa shape index (κ3) is 7.11. The highest BCUT2D eigenvalue weighted by Gasteiger charge is 2.20. The van der Waals surface area contributed by atoms with E-state index in [1.54, 1.807) is 14.0 Å². The number of nitrogens with zero attached hydrogens (tertiary/aromatic N) is 2. The predicted molar refractivity (Wildman–Crippen MR) is 113 cm³/mol. The summed E-state index contributed by atoms with van der Waals surface area (Å²) < 4.78 is 10.3. The molecule has 2 aromatic carbocycles. The quantitative estimate of drug-likeness (QED) is 0.235. The van der Waals surface area contributed by atoms with E-state index < -0.39 is 35.4 Å². The van der Waals surface area contributed by atoms with Crippen LogP contribution in [0.2, 0.25) is 0 Å². The number of hydrogen-bond donors (Lipinski definition) is 1. The van der Waals surface area contributed by atoms with Gasteiger partial charge in [0.1, 0.15) is 12.4 Å². The Morgan fingerprint density at radius 2 is 1.84 bits per heavy atom. The number of fused-ring (bicyclic) bond motifs is 1. The van der Waals surface area contributed by atoms with E-state index in [0.29, 0.717) is 0 Å². The highest BCUT2D eigenvalue weighted by atomic mass is 16.9. The zero-order valence-corrected chi connectivity index (χ0v) is 18.0. The van der Waals surface area contributed by atoms with E-state index in [9.17, 15) is 24.5 Å². The van der Waals surface area contributed by atoms with Crippen LogP contribution in [0.4, 0.5) is 0 Å². The van der Waals surface area contributed by atoms with E-state index in [1.807, 2.05) is 36.4 Å². The third-order valence-corrected chi connectivity index (χ3v) is 4.69. The number of likely N-dealkylation sites (N-methyl/N-ethyl adjacent to an activating group) is 1. The van der Waals surface area contributed by atoms with Gasteiger partial charge in [0.25, 0.3) is 11.0 Å². The Bertz CT molecular complexity index is 994. The Hall–Kier alpha value is -3.89. The number of ether oxygens (including phenoxy) is 2. The maximum atomic E-state index is 12.4. The molecule has 0 fully saturated rings. The SMILES string of the molecule is COc1ccc2cc([C@H](C)C(=O)OCC(=O)N(C)CC(=O)NCCO[N+](=O)[O-])ccc2c1. The summed E-state index contributed by atoms with van der Waals surface area (Å²) in [6.07, 6.45) is 0. The van der Waals surface area contributed by atoms with Gasteiger partial charge < -0.3 is 24.5 Å². The van der Waals surface area contributed by atoms with Gasteiger partial charge in [0.05, 0.1) is 19.6 Å². The van der Waals surface area contributed by atoms with E-state index in [0.717, 1.165) is 27.0 Å². The Labute approximate surface area is 184 Å². The second-order valence-electron chi connectivity index (χ2n) is 6.96. The number of carbonyl (C=O) groups is 3. The molecule has 2 rings (SSSR count). The molecule has 0 aliphatic rings. The van der Waals surface area contributed by atoms with E-state index >= 15 is 0 Å². The molecular formula is C21H25N3O8. The van der Waals surface area contributed by atoms with Crippen molar-refractivity contribution < 1.29 is 33.8 Å². The van der Waals surface area contributed by atoms with Crippen LogP contribution in [0.3, 0.4) is 0 Å². The largest absolute Gasteiger partial charge is 0.497 e. The van der Waals surface area contributed by atoms with Gasteiger partial charge in [-0.1, -0.05) is 24.3 Å². The normalized spacial score (nSPS) is 11.3. The van der Waals surface area contributed by atoms with Crippen molar-refractivity contribution in [2.75, 3.05) is 40.5 Å². The topological polar surface area (TPSA) is 137 Å². The predicted octanol–water partition coefficient (Wildman–Crippen LogP) is 1.28. The third-order valence-electron chi connectivity index (χ3n) is 4.69. The summed E-state index contributed by atoms with van der Waals surface area (Å²) in [5.41, 5.74) is 0.741. The molecule has 0 aromatic heterocycles. The molecule has 0 saturated carbocycles. The second-order valence-corrected chi connectivity index (χ2v) is 6.96. The zero-order chi connectivity index (χ0) is 23.7. The number of methoxy groups -OCH3 is 1. The lowest BCUT2D eigenvalue weighted by Crippen LogP contribution is -2.41. The summed E-state index contributed by atoms with van der Waals surface area (Å²) in [6.45, 7) is 0.503. The van der Waals surface area contributed by atoms with E-state index in [4.69, 9.17) is 9.47 Å². The molecule has 0 saturated heterocycles. The standard InChI is InChI=1S/C21H25N3O8/c1-14(15-4-5-17-11-18(30-3)7-6-16(17)10-15)21(27)31-13-20(26)23(2)12-19(25)22-8-9-32-24(28)29/h4-7,10-11,14H,8-9,12-13H2,1-3H3,(H,22,25)/t14-/m0/s1. The van der Waals surface area contributed by atoms with Gasteiger partial charge in [-0.15, -0.1) is 10.1 Å². The van der Waals surface area contributed by atoms with Crippen LogP contribution in [0, 0.1) is 10.1 Å². The van der Waals surface area contributed by atoms with Gasteiger partial charge in [0.2, 0.25) is 5.91 Å². The number of nitrogens with one attached hydrogen (secondary N) is 1. The number of carbonyl (C=O) groups excluding carboxylic acids is 3. The van der Waals surface area contributed by atoms with E-state index in [2.05, 4.69) is 10.2 Å². The lowest BCUT2D eigenvalue weighted by Gasteiger charge is -2.18.